The Hall–Kier alpha value is -0.850. The van der Waals surface area contributed by atoms with Crippen molar-refractivity contribution in [3.05, 3.63) is 27.6 Å². The van der Waals surface area contributed by atoms with Crippen LogP contribution in [0, 0.1) is 0 Å². The largest absolute Gasteiger partial charge is 0.326 e. The third kappa shape index (κ3) is 2.25. The van der Waals surface area contributed by atoms with Gasteiger partial charge in [0, 0.05) is 18.8 Å². The zero-order valence-electron chi connectivity index (χ0n) is 9.31. The van der Waals surface area contributed by atoms with Gasteiger partial charge < -0.3 is 4.98 Å². The molecule has 7 heteroatoms. The van der Waals surface area contributed by atoms with Crippen molar-refractivity contribution in [2.75, 3.05) is 6.54 Å². The number of pyridine rings is 1. The van der Waals surface area contributed by atoms with Crippen molar-refractivity contribution < 1.29 is 8.42 Å². The van der Waals surface area contributed by atoms with E-state index in [0.29, 0.717) is 6.54 Å². The van der Waals surface area contributed by atoms with Crippen LogP contribution >= 0.6 is 11.6 Å². The molecule has 1 atom stereocenters. The first-order chi connectivity index (χ1) is 7.93. The summed E-state index contributed by atoms with van der Waals surface area (Å²) >= 11 is 5.64. The van der Waals surface area contributed by atoms with E-state index in [4.69, 9.17) is 11.6 Å². The highest BCUT2D eigenvalue weighted by Gasteiger charge is 2.32. The maximum absolute atomic E-state index is 12.3. The second-order valence-electron chi connectivity index (χ2n) is 4.12. The molecule has 1 fully saturated rings. The van der Waals surface area contributed by atoms with Crippen LogP contribution in [0.25, 0.3) is 0 Å². The fraction of sp³-hybridized carbons (Fsp3) is 0.500. The molecule has 1 saturated heterocycles. The minimum atomic E-state index is -3.55. The summed E-state index contributed by atoms with van der Waals surface area (Å²) in [5, 5.41) is -0.113. The van der Waals surface area contributed by atoms with Crippen LogP contribution in [-0.4, -0.2) is 30.3 Å². The van der Waals surface area contributed by atoms with Crippen molar-refractivity contribution in [1.82, 2.24) is 9.29 Å². The monoisotopic (exact) mass is 276 g/mol. The third-order valence-electron chi connectivity index (χ3n) is 2.93. The Morgan fingerprint density at radius 1 is 1.53 bits per heavy atom. The maximum Gasteiger partial charge on any atom is 0.266 e. The number of sulfonamides is 1. The fourth-order valence-corrected chi connectivity index (χ4v) is 3.92. The Labute approximate surface area is 104 Å². The van der Waals surface area contributed by atoms with Crippen LogP contribution in [0.15, 0.2) is 22.0 Å². The maximum atomic E-state index is 12.3. The van der Waals surface area contributed by atoms with E-state index in [2.05, 4.69) is 4.98 Å². The molecule has 1 aromatic heterocycles. The van der Waals surface area contributed by atoms with Crippen LogP contribution in [0.1, 0.15) is 19.8 Å². The van der Waals surface area contributed by atoms with Gasteiger partial charge in [-0.05, 0) is 25.8 Å². The van der Waals surface area contributed by atoms with E-state index in [1.165, 1.54) is 16.6 Å². The Morgan fingerprint density at radius 2 is 2.24 bits per heavy atom. The van der Waals surface area contributed by atoms with Crippen LogP contribution < -0.4 is 5.56 Å². The molecule has 0 bridgehead atoms. The predicted octanol–water partition coefficient (Wildman–Crippen LogP) is 1.20. The summed E-state index contributed by atoms with van der Waals surface area (Å²) in [6.07, 6.45) is 2.91. The van der Waals surface area contributed by atoms with Gasteiger partial charge in [-0.2, -0.15) is 4.31 Å². The number of nitrogens with zero attached hydrogens (tertiary/aromatic N) is 1. The molecule has 1 aliphatic heterocycles. The first kappa shape index (κ1) is 12.6. The molecule has 0 aromatic carbocycles. The molecule has 94 valence electrons. The summed E-state index contributed by atoms with van der Waals surface area (Å²) < 4.78 is 25.9. The SMILES string of the molecule is CC1CCCN1S(=O)(=O)c1c[nH]c(=O)c(Cl)c1. The van der Waals surface area contributed by atoms with Crippen molar-refractivity contribution in [2.45, 2.75) is 30.7 Å². The molecule has 17 heavy (non-hydrogen) atoms. The number of halogens is 1. The average molecular weight is 277 g/mol. The summed E-state index contributed by atoms with van der Waals surface area (Å²) in [7, 11) is -3.55. The van der Waals surface area contributed by atoms with E-state index in [1.54, 1.807) is 0 Å². The van der Waals surface area contributed by atoms with Gasteiger partial charge in [0.15, 0.2) is 0 Å². The number of rotatable bonds is 2. The summed E-state index contributed by atoms with van der Waals surface area (Å²) in [6, 6.07) is 1.19. The molecule has 1 aromatic rings. The molecule has 1 N–H and O–H groups in total. The predicted molar refractivity (Wildman–Crippen MR) is 64.7 cm³/mol. The Balaban J connectivity index is 2.44. The number of hydrogen-bond acceptors (Lipinski definition) is 3. The lowest BCUT2D eigenvalue weighted by Crippen LogP contribution is -2.34. The highest BCUT2D eigenvalue weighted by atomic mass is 35.5. The van der Waals surface area contributed by atoms with Crippen molar-refractivity contribution in [3.63, 3.8) is 0 Å². The van der Waals surface area contributed by atoms with Crippen molar-refractivity contribution in [3.8, 4) is 0 Å². The third-order valence-corrected chi connectivity index (χ3v) is 5.20. The van der Waals surface area contributed by atoms with E-state index >= 15 is 0 Å². The number of nitrogens with one attached hydrogen (secondary N) is 1. The molecule has 0 spiro atoms. The molecule has 2 rings (SSSR count). The Morgan fingerprint density at radius 3 is 2.76 bits per heavy atom. The van der Waals surface area contributed by atoms with Crippen LogP contribution in [0.4, 0.5) is 0 Å². The molecule has 0 aliphatic carbocycles. The summed E-state index contributed by atoms with van der Waals surface area (Å²) in [5.41, 5.74) is -0.486. The minimum Gasteiger partial charge on any atom is -0.326 e. The lowest BCUT2D eigenvalue weighted by molar-refractivity contribution is 0.408. The lowest BCUT2D eigenvalue weighted by atomic mass is 10.3. The van der Waals surface area contributed by atoms with Crippen LogP contribution in [-0.2, 0) is 10.0 Å². The number of aromatic nitrogens is 1. The molecular formula is C10H13ClN2O3S. The second kappa shape index (κ2) is 4.44. The molecule has 0 radical (unpaired) electrons. The van der Waals surface area contributed by atoms with Crippen LogP contribution in [0.2, 0.25) is 5.02 Å². The molecule has 1 aliphatic rings. The molecule has 2 heterocycles. The van der Waals surface area contributed by atoms with Crippen LogP contribution in [0.3, 0.4) is 0 Å². The van der Waals surface area contributed by atoms with E-state index in [9.17, 15) is 13.2 Å². The first-order valence-corrected chi connectivity index (χ1v) is 7.15. The van der Waals surface area contributed by atoms with Gasteiger partial charge in [-0.15, -0.1) is 0 Å². The smallest absolute Gasteiger partial charge is 0.266 e. The van der Waals surface area contributed by atoms with Gasteiger partial charge in [0.2, 0.25) is 10.0 Å². The van der Waals surface area contributed by atoms with Crippen molar-refractivity contribution in [2.24, 2.45) is 0 Å². The molecule has 1 unspecified atom stereocenters. The number of hydrogen-bond donors (Lipinski definition) is 1. The van der Waals surface area contributed by atoms with Crippen LogP contribution in [0.5, 0.6) is 0 Å². The fourth-order valence-electron chi connectivity index (χ4n) is 1.99. The first-order valence-electron chi connectivity index (χ1n) is 5.33. The second-order valence-corrected chi connectivity index (χ2v) is 6.42. The van der Waals surface area contributed by atoms with Crippen molar-refractivity contribution in [1.29, 1.82) is 0 Å². The van der Waals surface area contributed by atoms with E-state index in [-0.39, 0.29) is 16.0 Å². The van der Waals surface area contributed by atoms with Crippen molar-refractivity contribution >= 4 is 21.6 Å². The summed E-state index contributed by atoms with van der Waals surface area (Å²) in [5.74, 6) is 0. The minimum absolute atomic E-state index is 0.00861. The highest BCUT2D eigenvalue weighted by Crippen LogP contribution is 2.25. The zero-order chi connectivity index (χ0) is 12.6. The molecule has 0 saturated carbocycles. The molecule has 0 amide bonds. The molecular weight excluding hydrogens is 264 g/mol. The van der Waals surface area contributed by atoms with Gasteiger partial charge in [-0.3, -0.25) is 4.79 Å². The Bertz CT molecular complexity index is 581. The lowest BCUT2D eigenvalue weighted by Gasteiger charge is -2.20. The number of aromatic amines is 1. The van der Waals surface area contributed by atoms with Gasteiger partial charge in [0.25, 0.3) is 5.56 Å². The average Bonchev–Trinajstić information content (AvgIpc) is 2.69. The summed E-state index contributed by atoms with van der Waals surface area (Å²) in [4.78, 5) is 13.4. The van der Waals surface area contributed by atoms with E-state index in [0.717, 1.165) is 12.8 Å². The van der Waals surface area contributed by atoms with E-state index in [1.807, 2.05) is 6.92 Å². The van der Waals surface area contributed by atoms with Gasteiger partial charge in [0.05, 0.1) is 4.90 Å². The van der Waals surface area contributed by atoms with Gasteiger partial charge in [0.1, 0.15) is 5.02 Å². The number of H-pyrrole nitrogens is 1. The van der Waals surface area contributed by atoms with E-state index < -0.39 is 15.6 Å². The van der Waals surface area contributed by atoms with Gasteiger partial charge in [-0.1, -0.05) is 11.6 Å². The topological polar surface area (TPSA) is 70.2 Å². The van der Waals surface area contributed by atoms with Gasteiger partial charge in [-0.25, -0.2) is 8.42 Å². The quantitative estimate of drug-likeness (QED) is 0.882. The zero-order valence-corrected chi connectivity index (χ0v) is 10.9. The highest BCUT2D eigenvalue weighted by molar-refractivity contribution is 7.89. The normalized spacial score (nSPS) is 21.9. The molecule has 5 nitrogen and oxygen atoms in total. The van der Waals surface area contributed by atoms with Gasteiger partial charge >= 0.3 is 0 Å². The Kier molecular flexibility index (Phi) is 3.29. The summed E-state index contributed by atoms with van der Waals surface area (Å²) in [6.45, 7) is 2.39. The standard InChI is InChI=1S/C10H13ClN2O3S/c1-7-3-2-4-13(7)17(15,16)8-5-9(11)10(14)12-6-8/h5-7H,2-4H2,1H3,(H,12,14).